The van der Waals surface area contributed by atoms with Gasteiger partial charge in [-0.25, -0.2) is 0 Å². The fourth-order valence-electron chi connectivity index (χ4n) is 9.57. The summed E-state index contributed by atoms with van der Waals surface area (Å²) in [6.07, 6.45) is 7.00. The van der Waals surface area contributed by atoms with Crippen LogP contribution in [0.5, 0.6) is 0 Å². The van der Waals surface area contributed by atoms with Crippen molar-refractivity contribution in [1.29, 1.82) is 0 Å². The Balaban J connectivity index is 0.000000773. The fraction of sp³-hybridized carbons (Fsp3) is 0.163. The van der Waals surface area contributed by atoms with Gasteiger partial charge < -0.3 is 17.3 Å². The van der Waals surface area contributed by atoms with Gasteiger partial charge in [0.15, 0.2) is 0 Å². The summed E-state index contributed by atoms with van der Waals surface area (Å²) in [6, 6.07) is 64.4. The van der Waals surface area contributed by atoms with E-state index >= 15 is 0 Å². The smallest absolute Gasteiger partial charge is 0.418 e. The van der Waals surface area contributed by atoms with Gasteiger partial charge >= 0.3 is 7.25 Å². The molecular weight excluding hydrogens is 703 g/mol. The summed E-state index contributed by atoms with van der Waals surface area (Å²) in [5.41, 5.74) is 5.70. The van der Waals surface area contributed by atoms with Crippen LogP contribution < -0.4 is 0 Å². The molecule has 2 aliphatic rings. The van der Waals surface area contributed by atoms with Crippen LogP contribution in [-0.2, 0) is 0 Å². The molecule has 2 nitrogen and oxygen atoms in total. The van der Waals surface area contributed by atoms with Crippen LogP contribution in [0.15, 0.2) is 170 Å². The van der Waals surface area contributed by atoms with Crippen molar-refractivity contribution in [1.82, 2.24) is 4.90 Å². The first kappa shape index (κ1) is 35.7. The van der Waals surface area contributed by atoms with E-state index in [9.17, 15) is 17.3 Å². The van der Waals surface area contributed by atoms with Crippen molar-refractivity contribution in [2.24, 2.45) is 0 Å². The molecule has 10 rings (SSSR count). The lowest BCUT2D eigenvalue weighted by molar-refractivity contribution is -0.590. The number of fused-ring (bicyclic) bond motifs is 4. The van der Waals surface area contributed by atoms with Gasteiger partial charge in [-0.2, -0.15) is 0 Å². The van der Waals surface area contributed by atoms with Crippen LogP contribution in [0.25, 0.3) is 43.1 Å². The van der Waals surface area contributed by atoms with Crippen molar-refractivity contribution in [3.05, 3.63) is 192 Å². The normalized spacial score (nSPS) is 19.8. The van der Waals surface area contributed by atoms with Crippen molar-refractivity contribution in [2.45, 2.75) is 49.9 Å². The molecule has 0 amide bonds. The number of halogens is 4. The van der Waals surface area contributed by atoms with E-state index in [1.807, 2.05) is 0 Å². The average Bonchev–Trinajstić information content (AvgIpc) is 3.83. The summed E-state index contributed by atoms with van der Waals surface area (Å²) in [5.74, 6) is 0. The van der Waals surface area contributed by atoms with Crippen LogP contribution in [0.3, 0.4) is 0 Å². The first-order valence-electron chi connectivity index (χ1n) is 19.5. The number of rotatable bonds is 5. The van der Waals surface area contributed by atoms with Crippen LogP contribution in [0.4, 0.5) is 17.3 Å². The second-order valence-corrected chi connectivity index (χ2v) is 15.0. The molecule has 0 N–H and O–H groups in total. The van der Waals surface area contributed by atoms with Crippen LogP contribution in [0.1, 0.15) is 72.1 Å². The van der Waals surface area contributed by atoms with Crippen molar-refractivity contribution < 1.29 is 21.8 Å². The standard InChI is InChI=1S/C49H41N2.BF4/c1-5-21-38-34(13-1)17-9-25-42(38)46-29-30-47(43-26-10-18-35-14-2-6-22-39(35)43)50(46)33-51-48(44-27-11-19-36-15-3-7-23-40(36)44)31-32-49(51)45-28-12-20-37-16-4-8-24-41(37)45;2-1(3,4)5/h1-28,33,46-49H,29-32H2;/q+1;-1/t46-,47-,48-,49-;/m1./s1. The molecule has 56 heavy (non-hydrogen) atoms. The molecule has 0 saturated carbocycles. The zero-order valence-electron chi connectivity index (χ0n) is 30.9. The second-order valence-electron chi connectivity index (χ2n) is 15.0. The second kappa shape index (κ2) is 14.9. The van der Waals surface area contributed by atoms with Crippen LogP contribution >= 0.6 is 0 Å². The molecule has 0 spiro atoms. The van der Waals surface area contributed by atoms with Gasteiger partial charge in [-0.05, 0) is 68.8 Å². The molecule has 0 bridgehead atoms. The average molecular weight is 745 g/mol. The summed E-state index contributed by atoms with van der Waals surface area (Å²) in [4.78, 5) is 2.77. The van der Waals surface area contributed by atoms with Crippen LogP contribution in [0.2, 0.25) is 0 Å². The van der Waals surface area contributed by atoms with E-state index < -0.39 is 7.25 Å². The number of benzene rings is 8. The van der Waals surface area contributed by atoms with E-state index in [2.05, 4.69) is 186 Å². The van der Waals surface area contributed by atoms with Gasteiger partial charge in [0.1, 0.15) is 24.2 Å². The van der Waals surface area contributed by atoms with Gasteiger partial charge in [0.25, 0.3) is 0 Å². The number of hydrogen-bond acceptors (Lipinski definition) is 0. The minimum Gasteiger partial charge on any atom is -0.418 e. The topological polar surface area (TPSA) is 6.25 Å². The van der Waals surface area contributed by atoms with Crippen molar-refractivity contribution in [2.75, 3.05) is 0 Å². The first-order valence-corrected chi connectivity index (χ1v) is 19.5. The van der Waals surface area contributed by atoms with Crippen molar-refractivity contribution in [3.8, 4) is 0 Å². The lowest BCUT2D eigenvalue weighted by Crippen LogP contribution is -2.32. The predicted octanol–water partition coefficient (Wildman–Crippen LogP) is 13.8. The molecule has 0 unspecified atom stereocenters. The molecule has 4 atom stereocenters. The van der Waals surface area contributed by atoms with E-state index in [0.29, 0.717) is 0 Å². The van der Waals surface area contributed by atoms with Crippen molar-refractivity contribution >= 4 is 56.7 Å². The molecule has 2 heterocycles. The molecule has 2 fully saturated rings. The monoisotopic (exact) mass is 744 g/mol. The van der Waals surface area contributed by atoms with E-state index in [4.69, 9.17) is 0 Å². The molecule has 2 aliphatic heterocycles. The highest BCUT2D eigenvalue weighted by atomic mass is 19.5. The Hall–Kier alpha value is -5.95. The number of likely N-dealkylation sites (tertiary alicyclic amines) is 1. The predicted molar refractivity (Wildman–Crippen MR) is 224 cm³/mol. The molecule has 7 heteroatoms. The maximum Gasteiger partial charge on any atom is 0.673 e. The third-order valence-electron chi connectivity index (χ3n) is 11.9. The zero-order valence-corrected chi connectivity index (χ0v) is 30.9. The Kier molecular flexibility index (Phi) is 9.54. The van der Waals surface area contributed by atoms with Gasteiger partial charge in [0.05, 0.1) is 0 Å². The molecule has 0 aromatic heterocycles. The van der Waals surface area contributed by atoms with Crippen molar-refractivity contribution in [3.63, 3.8) is 0 Å². The lowest BCUT2D eigenvalue weighted by atomic mass is 9.97. The summed E-state index contributed by atoms with van der Waals surface area (Å²) < 4.78 is 41.8. The van der Waals surface area contributed by atoms with Gasteiger partial charge in [0.2, 0.25) is 6.34 Å². The molecule has 8 aromatic carbocycles. The van der Waals surface area contributed by atoms with E-state index in [-0.39, 0.29) is 24.2 Å². The minimum absolute atomic E-state index is 0.252. The Morgan fingerprint density at radius 2 is 0.679 bits per heavy atom. The van der Waals surface area contributed by atoms with Gasteiger partial charge in [-0.15, -0.1) is 0 Å². The van der Waals surface area contributed by atoms with E-state index in [0.717, 1.165) is 25.7 Å². The molecule has 2 saturated heterocycles. The Bertz CT molecular complexity index is 2520. The fourth-order valence-corrected chi connectivity index (χ4v) is 9.57. The summed E-state index contributed by atoms with van der Waals surface area (Å²) in [6.45, 7) is 0. The highest BCUT2D eigenvalue weighted by molar-refractivity contribution is 6.50. The van der Waals surface area contributed by atoms with Gasteiger partial charge in [0, 0.05) is 22.3 Å². The SMILES string of the molecule is C(N1[C@@H](c2cccc3ccccc23)CC[C@@H]1c1cccc2ccccc12)=[N+]1[C@@H](c2cccc3ccccc23)CC[C@@H]1c1cccc2ccccc12.F[B-](F)(F)F. The Morgan fingerprint density at radius 1 is 0.393 bits per heavy atom. The van der Waals surface area contributed by atoms with Crippen LogP contribution in [-0.4, -0.2) is 23.1 Å². The Morgan fingerprint density at radius 3 is 1.04 bits per heavy atom. The zero-order chi connectivity index (χ0) is 38.2. The van der Waals surface area contributed by atoms with Crippen LogP contribution in [0, 0.1) is 0 Å². The quantitative estimate of drug-likeness (QED) is 0.0736. The maximum absolute atomic E-state index is 9.75. The van der Waals surface area contributed by atoms with E-state index in [1.165, 1.54) is 65.3 Å². The highest BCUT2D eigenvalue weighted by Crippen LogP contribution is 2.49. The minimum atomic E-state index is -6.00. The molecule has 278 valence electrons. The largest absolute Gasteiger partial charge is 0.673 e. The molecule has 0 aliphatic carbocycles. The highest BCUT2D eigenvalue weighted by Gasteiger charge is 2.44. The third kappa shape index (κ3) is 6.91. The van der Waals surface area contributed by atoms with Gasteiger partial charge in [-0.1, -0.05) is 170 Å². The van der Waals surface area contributed by atoms with E-state index in [1.54, 1.807) is 0 Å². The lowest BCUT2D eigenvalue weighted by Gasteiger charge is -2.28. The molecule has 8 aromatic rings. The summed E-state index contributed by atoms with van der Waals surface area (Å²) >= 11 is 0. The number of hydrogen-bond donors (Lipinski definition) is 0. The number of nitrogens with zero attached hydrogens (tertiary/aromatic N) is 2. The molecule has 0 radical (unpaired) electrons. The first-order chi connectivity index (χ1) is 27.3. The summed E-state index contributed by atoms with van der Waals surface area (Å²) in [5, 5.41) is 10.7. The summed E-state index contributed by atoms with van der Waals surface area (Å²) in [7, 11) is -6.00. The Labute approximate surface area is 324 Å². The molecular formula is C49H41BF4N2. The third-order valence-corrected chi connectivity index (χ3v) is 11.9. The van der Waals surface area contributed by atoms with Gasteiger partial charge in [-0.3, -0.25) is 9.48 Å². The maximum atomic E-state index is 9.75.